The second-order valence-electron chi connectivity index (χ2n) is 7.55. The normalized spacial score (nSPS) is 11.3. The van der Waals surface area contributed by atoms with Crippen LogP contribution < -0.4 is 4.74 Å². The average molecular weight is 411 g/mol. The third-order valence-electron chi connectivity index (χ3n) is 4.99. The van der Waals surface area contributed by atoms with Crippen molar-refractivity contribution < 1.29 is 9.26 Å². The molecule has 0 fully saturated rings. The SMILES string of the molecule is CC(C)n1nnc2cc(-c3nc(-c4ccc(COc5ccccc5)cc4)no3)ccc21. The first-order valence-corrected chi connectivity index (χ1v) is 10.1. The Labute approximate surface area is 179 Å². The van der Waals surface area contributed by atoms with Gasteiger partial charge < -0.3 is 9.26 Å². The highest BCUT2D eigenvalue weighted by molar-refractivity contribution is 5.80. The lowest BCUT2D eigenvalue weighted by atomic mass is 10.1. The van der Waals surface area contributed by atoms with Gasteiger partial charge in [-0.2, -0.15) is 4.98 Å². The van der Waals surface area contributed by atoms with Crippen molar-refractivity contribution in [3.8, 4) is 28.6 Å². The molecule has 0 saturated heterocycles. The fourth-order valence-electron chi connectivity index (χ4n) is 3.35. The highest BCUT2D eigenvalue weighted by atomic mass is 16.5. The molecule has 2 aromatic heterocycles. The lowest BCUT2D eigenvalue weighted by Gasteiger charge is -2.06. The fourth-order valence-corrected chi connectivity index (χ4v) is 3.35. The zero-order chi connectivity index (χ0) is 21.2. The molecule has 0 aliphatic rings. The molecule has 5 aromatic rings. The van der Waals surface area contributed by atoms with Gasteiger partial charge in [0.1, 0.15) is 17.9 Å². The van der Waals surface area contributed by atoms with E-state index in [2.05, 4.69) is 34.3 Å². The molecule has 0 radical (unpaired) electrons. The van der Waals surface area contributed by atoms with Crippen LogP contribution in [0.3, 0.4) is 0 Å². The second-order valence-corrected chi connectivity index (χ2v) is 7.55. The number of para-hydroxylation sites is 1. The van der Waals surface area contributed by atoms with Gasteiger partial charge in [-0.15, -0.1) is 5.10 Å². The Morgan fingerprint density at radius 1 is 0.935 bits per heavy atom. The average Bonchev–Trinajstić information content (AvgIpc) is 3.46. The number of nitrogens with zero attached hydrogens (tertiary/aromatic N) is 5. The summed E-state index contributed by atoms with van der Waals surface area (Å²) in [6, 6.07) is 23.8. The molecular formula is C24H21N5O2. The van der Waals surface area contributed by atoms with Crippen LogP contribution in [0.2, 0.25) is 0 Å². The van der Waals surface area contributed by atoms with Gasteiger partial charge in [0.15, 0.2) is 0 Å². The van der Waals surface area contributed by atoms with E-state index < -0.39 is 0 Å². The molecule has 0 saturated carbocycles. The van der Waals surface area contributed by atoms with Gasteiger partial charge in [-0.1, -0.05) is 52.8 Å². The van der Waals surface area contributed by atoms with Crippen LogP contribution in [0.1, 0.15) is 25.5 Å². The summed E-state index contributed by atoms with van der Waals surface area (Å²) in [6.07, 6.45) is 0. The summed E-state index contributed by atoms with van der Waals surface area (Å²) >= 11 is 0. The maximum Gasteiger partial charge on any atom is 0.258 e. The summed E-state index contributed by atoms with van der Waals surface area (Å²) in [5.74, 6) is 1.84. The molecule has 2 heterocycles. The minimum Gasteiger partial charge on any atom is -0.489 e. The summed E-state index contributed by atoms with van der Waals surface area (Å²) < 4.78 is 13.2. The Hall–Kier alpha value is -4.00. The summed E-state index contributed by atoms with van der Waals surface area (Å²) in [5.41, 5.74) is 4.54. The van der Waals surface area contributed by atoms with Crippen molar-refractivity contribution in [1.29, 1.82) is 0 Å². The molecule has 0 aliphatic heterocycles. The van der Waals surface area contributed by atoms with Crippen LogP contribution in [0.25, 0.3) is 33.9 Å². The van der Waals surface area contributed by atoms with Crippen LogP contribution >= 0.6 is 0 Å². The Bertz CT molecular complexity index is 1310. The monoisotopic (exact) mass is 411 g/mol. The molecule has 0 unspecified atom stereocenters. The van der Waals surface area contributed by atoms with Gasteiger partial charge in [-0.25, -0.2) is 4.68 Å². The van der Waals surface area contributed by atoms with Gasteiger partial charge in [0.2, 0.25) is 5.82 Å². The molecule has 0 N–H and O–H groups in total. The molecule has 0 bridgehead atoms. The predicted molar refractivity (Wildman–Crippen MR) is 117 cm³/mol. The van der Waals surface area contributed by atoms with E-state index in [9.17, 15) is 0 Å². The van der Waals surface area contributed by atoms with E-state index in [0.29, 0.717) is 18.3 Å². The highest BCUT2D eigenvalue weighted by Gasteiger charge is 2.14. The van der Waals surface area contributed by atoms with Crippen LogP contribution in [0, 0.1) is 0 Å². The van der Waals surface area contributed by atoms with Crippen molar-refractivity contribution >= 4 is 11.0 Å². The van der Waals surface area contributed by atoms with E-state index in [1.807, 2.05) is 77.5 Å². The molecule has 7 nitrogen and oxygen atoms in total. The number of aromatic nitrogens is 5. The van der Waals surface area contributed by atoms with Gasteiger partial charge >= 0.3 is 0 Å². The fraction of sp³-hybridized carbons (Fsp3) is 0.167. The highest BCUT2D eigenvalue weighted by Crippen LogP contribution is 2.26. The Morgan fingerprint density at radius 3 is 2.48 bits per heavy atom. The van der Waals surface area contributed by atoms with Gasteiger partial charge in [0.25, 0.3) is 5.89 Å². The van der Waals surface area contributed by atoms with Crippen molar-refractivity contribution in [2.24, 2.45) is 0 Å². The van der Waals surface area contributed by atoms with E-state index in [-0.39, 0.29) is 6.04 Å². The number of fused-ring (bicyclic) bond motifs is 1. The molecule has 0 atom stereocenters. The molecule has 0 aliphatic carbocycles. The van der Waals surface area contributed by atoms with Gasteiger partial charge in [0.05, 0.1) is 5.52 Å². The quantitative estimate of drug-likeness (QED) is 0.377. The van der Waals surface area contributed by atoms with E-state index in [1.54, 1.807) is 0 Å². The van der Waals surface area contributed by atoms with Crippen LogP contribution in [0.4, 0.5) is 0 Å². The predicted octanol–water partition coefficient (Wildman–Crippen LogP) is 5.31. The van der Waals surface area contributed by atoms with Crippen LogP contribution in [-0.2, 0) is 6.61 Å². The van der Waals surface area contributed by atoms with Crippen LogP contribution in [0.5, 0.6) is 5.75 Å². The molecule has 0 spiro atoms. The minimum absolute atomic E-state index is 0.243. The van der Waals surface area contributed by atoms with Crippen molar-refractivity contribution in [1.82, 2.24) is 25.1 Å². The number of ether oxygens (including phenoxy) is 1. The third kappa shape index (κ3) is 3.90. The topological polar surface area (TPSA) is 78.9 Å². The smallest absolute Gasteiger partial charge is 0.258 e. The lowest BCUT2D eigenvalue weighted by Crippen LogP contribution is -2.02. The standard InChI is InChI=1S/C24H21N5O2/c1-16(2)29-22-13-12-19(14-21(22)26-28-29)24-25-23(27-31-24)18-10-8-17(9-11-18)15-30-20-6-4-3-5-7-20/h3-14,16H,15H2,1-2H3. The maximum atomic E-state index is 5.79. The number of hydrogen-bond donors (Lipinski definition) is 0. The molecule has 5 rings (SSSR count). The summed E-state index contributed by atoms with van der Waals surface area (Å²) in [5, 5.41) is 12.6. The number of benzene rings is 3. The molecule has 3 aromatic carbocycles. The third-order valence-corrected chi connectivity index (χ3v) is 4.99. The summed E-state index contributed by atoms with van der Waals surface area (Å²) in [4.78, 5) is 4.56. The van der Waals surface area contributed by atoms with E-state index in [4.69, 9.17) is 9.26 Å². The second kappa shape index (κ2) is 8.02. The molecule has 154 valence electrons. The van der Waals surface area contributed by atoms with Crippen LogP contribution in [-0.4, -0.2) is 25.1 Å². The van der Waals surface area contributed by atoms with Crippen molar-refractivity contribution in [2.45, 2.75) is 26.5 Å². The lowest BCUT2D eigenvalue weighted by molar-refractivity contribution is 0.306. The first kappa shape index (κ1) is 19.0. The van der Waals surface area contributed by atoms with E-state index in [0.717, 1.165) is 33.5 Å². The molecule has 31 heavy (non-hydrogen) atoms. The Morgan fingerprint density at radius 2 is 1.71 bits per heavy atom. The number of rotatable bonds is 6. The van der Waals surface area contributed by atoms with E-state index >= 15 is 0 Å². The van der Waals surface area contributed by atoms with Gasteiger partial charge in [-0.3, -0.25) is 0 Å². The van der Waals surface area contributed by atoms with Gasteiger partial charge in [-0.05, 0) is 49.7 Å². The molecule has 0 amide bonds. The zero-order valence-electron chi connectivity index (χ0n) is 17.3. The van der Waals surface area contributed by atoms with Crippen molar-refractivity contribution in [3.05, 3.63) is 78.4 Å². The Balaban J connectivity index is 1.32. The summed E-state index contributed by atoms with van der Waals surface area (Å²) in [6.45, 7) is 4.65. The molecular weight excluding hydrogens is 390 g/mol. The number of hydrogen-bond acceptors (Lipinski definition) is 6. The van der Waals surface area contributed by atoms with Crippen molar-refractivity contribution in [3.63, 3.8) is 0 Å². The zero-order valence-corrected chi connectivity index (χ0v) is 17.3. The van der Waals surface area contributed by atoms with Crippen LogP contribution in [0.15, 0.2) is 77.3 Å². The maximum absolute atomic E-state index is 5.79. The van der Waals surface area contributed by atoms with E-state index in [1.165, 1.54) is 0 Å². The largest absolute Gasteiger partial charge is 0.489 e. The Kier molecular flexibility index (Phi) is 4.92. The first-order valence-electron chi connectivity index (χ1n) is 10.1. The molecule has 7 heteroatoms. The minimum atomic E-state index is 0.243. The first-order chi connectivity index (χ1) is 15.2. The summed E-state index contributed by atoms with van der Waals surface area (Å²) in [7, 11) is 0. The van der Waals surface area contributed by atoms with Crippen molar-refractivity contribution in [2.75, 3.05) is 0 Å². The van der Waals surface area contributed by atoms with Gasteiger partial charge in [0, 0.05) is 17.2 Å².